The Hall–Kier alpha value is -2.51. The van der Waals surface area contributed by atoms with Crippen molar-refractivity contribution in [2.24, 2.45) is 0 Å². The van der Waals surface area contributed by atoms with Gasteiger partial charge in [0, 0.05) is 26.2 Å². The standard InChI is InChI=1S/C20H11Cl4NO5/c21-13-4-12(5-14(22)6-13)20(26)29-10-11-1-2-19(18(3-11)25(27)28)30-17-8-15(23)7-16(24)9-17/h1-9H,10H2. The number of carbonyl (C=O) groups excluding carboxylic acids is 1. The highest BCUT2D eigenvalue weighted by Crippen LogP contribution is 2.34. The van der Waals surface area contributed by atoms with Crippen molar-refractivity contribution in [2.45, 2.75) is 6.61 Å². The molecule has 3 rings (SSSR count). The summed E-state index contributed by atoms with van der Waals surface area (Å²) < 4.78 is 10.8. The van der Waals surface area contributed by atoms with E-state index < -0.39 is 10.9 Å². The van der Waals surface area contributed by atoms with E-state index in [1.807, 2.05) is 0 Å². The molecule has 10 heteroatoms. The van der Waals surface area contributed by atoms with Crippen LogP contribution in [-0.2, 0) is 11.3 Å². The van der Waals surface area contributed by atoms with Crippen LogP contribution in [0.15, 0.2) is 54.6 Å². The molecule has 6 nitrogen and oxygen atoms in total. The largest absolute Gasteiger partial charge is 0.457 e. The average Bonchev–Trinajstić information content (AvgIpc) is 2.65. The molecule has 30 heavy (non-hydrogen) atoms. The molecule has 0 aliphatic heterocycles. The first-order chi connectivity index (χ1) is 14.2. The molecule has 0 fully saturated rings. The van der Waals surface area contributed by atoms with Crippen LogP contribution < -0.4 is 4.74 Å². The van der Waals surface area contributed by atoms with Gasteiger partial charge in [-0.25, -0.2) is 4.79 Å². The fourth-order valence-corrected chi connectivity index (χ4v) is 3.53. The van der Waals surface area contributed by atoms with E-state index in [1.54, 1.807) is 0 Å². The van der Waals surface area contributed by atoms with Crippen molar-refractivity contribution in [1.29, 1.82) is 0 Å². The van der Waals surface area contributed by atoms with E-state index >= 15 is 0 Å². The van der Waals surface area contributed by atoms with Crippen LogP contribution in [0.2, 0.25) is 20.1 Å². The van der Waals surface area contributed by atoms with Gasteiger partial charge in [-0.1, -0.05) is 52.5 Å². The second-order valence-electron chi connectivity index (χ2n) is 6.00. The number of hydrogen-bond acceptors (Lipinski definition) is 5. The van der Waals surface area contributed by atoms with Gasteiger partial charge in [-0.3, -0.25) is 10.1 Å². The lowest BCUT2D eigenvalue weighted by atomic mass is 10.2. The zero-order chi connectivity index (χ0) is 21.8. The average molecular weight is 487 g/mol. The molecular formula is C20H11Cl4NO5. The Morgan fingerprint density at radius 1 is 0.867 bits per heavy atom. The first-order valence-corrected chi connectivity index (χ1v) is 9.77. The molecular weight excluding hydrogens is 476 g/mol. The molecule has 3 aromatic rings. The van der Waals surface area contributed by atoms with Crippen LogP contribution in [0, 0.1) is 10.1 Å². The molecule has 0 aliphatic rings. The minimum atomic E-state index is -0.670. The number of rotatable bonds is 6. The Bertz CT molecular complexity index is 1100. The van der Waals surface area contributed by atoms with Gasteiger partial charge in [0.15, 0.2) is 0 Å². The van der Waals surface area contributed by atoms with Gasteiger partial charge < -0.3 is 9.47 Å². The van der Waals surface area contributed by atoms with Crippen molar-refractivity contribution in [3.8, 4) is 11.5 Å². The number of ether oxygens (including phenoxy) is 2. The van der Waals surface area contributed by atoms with Gasteiger partial charge in [0.25, 0.3) is 0 Å². The quantitative estimate of drug-likeness (QED) is 0.206. The zero-order valence-corrected chi connectivity index (χ0v) is 17.9. The maximum absolute atomic E-state index is 12.2. The van der Waals surface area contributed by atoms with E-state index in [-0.39, 0.29) is 39.4 Å². The van der Waals surface area contributed by atoms with Crippen molar-refractivity contribution in [2.75, 3.05) is 0 Å². The molecule has 154 valence electrons. The smallest absolute Gasteiger partial charge is 0.338 e. The maximum Gasteiger partial charge on any atom is 0.338 e. The van der Waals surface area contributed by atoms with Crippen LogP contribution in [0.5, 0.6) is 11.5 Å². The SMILES string of the molecule is O=C(OCc1ccc(Oc2cc(Cl)cc(Cl)c2)c([N+](=O)[O-])c1)c1cc(Cl)cc(Cl)c1. The third-order valence-electron chi connectivity index (χ3n) is 3.75. The van der Waals surface area contributed by atoms with Gasteiger partial charge in [-0.15, -0.1) is 0 Å². The normalized spacial score (nSPS) is 10.5. The number of carbonyl (C=O) groups is 1. The van der Waals surface area contributed by atoms with Crippen LogP contribution in [0.3, 0.4) is 0 Å². The second-order valence-corrected chi connectivity index (χ2v) is 7.75. The number of nitrogens with zero attached hydrogens (tertiary/aromatic N) is 1. The molecule has 3 aromatic carbocycles. The third kappa shape index (κ3) is 5.77. The van der Waals surface area contributed by atoms with E-state index in [9.17, 15) is 14.9 Å². The van der Waals surface area contributed by atoms with E-state index in [2.05, 4.69) is 0 Å². The summed E-state index contributed by atoms with van der Waals surface area (Å²) in [4.78, 5) is 23.1. The van der Waals surface area contributed by atoms with Crippen molar-refractivity contribution in [3.05, 3.63) is 95.9 Å². The minimum absolute atomic E-state index is 0.0185. The molecule has 0 saturated heterocycles. The first kappa shape index (κ1) is 22.2. The number of halogens is 4. The van der Waals surface area contributed by atoms with E-state index in [0.717, 1.165) is 0 Å². The van der Waals surface area contributed by atoms with Crippen molar-refractivity contribution in [1.82, 2.24) is 0 Å². The first-order valence-electron chi connectivity index (χ1n) is 8.26. The van der Waals surface area contributed by atoms with Crippen LogP contribution in [0.25, 0.3) is 0 Å². The summed E-state index contributed by atoms with van der Waals surface area (Å²) in [6.45, 7) is -0.201. The summed E-state index contributed by atoms with van der Waals surface area (Å²) in [5, 5.41) is 12.7. The summed E-state index contributed by atoms with van der Waals surface area (Å²) in [5.41, 5.74) is 0.241. The summed E-state index contributed by atoms with van der Waals surface area (Å²) in [6.07, 6.45) is 0. The lowest BCUT2D eigenvalue weighted by Gasteiger charge is -2.10. The molecule has 0 amide bonds. The molecule has 0 aliphatic carbocycles. The number of nitro groups is 1. The summed E-state index contributed by atoms with van der Waals surface area (Å²) in [5.74, 6) is -0.446. The Labute approximate surface area is 191 Å². The van der Waals surface area contributed by atoms with E-state index in [4.69, 9.17) is 55.9 Å². The van der Waals surface area contributed by atoms with Gasteiger partial charge in [-0.2, -0.15) is 0 Å². The Balaban J connectivity index is 1.77. The van der Waals surface area contributed by atoms with E-state index in [1.165, 1.54) is 54.6 Å². The summed E-state index contributed by atoms with van der Waals surface area (Å²) >= 11 is 23.6. The fourth-order valence-electron chi connectivity index (χ4n) is 2.50. The molecule has 0 bridgehead atoms. The maximum atomic E-state index is 12.2. The predicted octanol–water partition coefficient (Wildman–Crippen LogP) is 7.36. The topological polar surface area (TPSA) is 78.7 Å². The molecule has 0 N–H and O–H groups in total. The Morgan fingerprint density at radius 2 is 1.43 bits per heavy atom. The van der Waals surface area contributed by atoms with Gasteiger partial charge >= 0.3 is 11.7 Å². The van der Waals surface area contributed by atoms with E-state index in [0.29, 0.717) is 15.6 Å². The monoisotopic (exact) mass is 485 g/mol. The minimum Gasteiger partial charge on any atom is -0.457 e. The predicted molar refractivity (Wildman–Crippen MR) is 115 cm³/mol. The third-order valence-corrected chi connectivity index (χ3v) is 4.62. The molecule has 0 aromatic heterocycles. The van der Waals surface area contributed by atoms with Crippen LogP contribution in [0.1, 0.15) is 15.9 Å². The van der Waals surface area contributed by atoms with Gasteiger partial charge in [0.2, 0.25) is 5.75 Å². The molecule has 0 heterocycles. The Morgan fingerprint density at radius 3 is 2.00 bits per heavy atom. The molecule has 0 spiro atoms. The molecule has 0 unspecified atom stereocenters. The summed E-state index contributed by atoms with van der Waals surface area (Å²) in [6, 6.07) is 12.9. The zero-order valence-electron chi connectivity index (χ0n) is 14.9. The van der Waals surface area contributed by atoms with Gasteiger partial charge in [0.1, 0.15) is 12.4 Å². The highest BCUT2D eigenvalue weighted by molar-refractivity contribution is 6.35. The number of benzene rings is 3. The number of hydrogen-bond donors (Lipinski definition) is 0. The van der Waals surface area contributed by atoms with Gasteiger partial charge in [0.05, 0.1) is 10.5 Å². The number of nitro benzene ring substituents is 1. The van der Waals surface area contributed by atoms with Crippen LogP contribution >= 0.6 is 46.4 Å². The fraction of sp³-hybridized carbons (Fsp3) is 0.0500. The molecule has 0 atom stereocenters. The second kappa shape index (κ2) is 9.53. The lowest BCUT2D eigenvalue weighted by Crippen LogP contribution is -2.06. The van der Waals surface area contributed by atoms with Crippen LogP contribution in [0.4, 0.5) is 5.69 Å². The van der Waals surface area contributed by atoms with Crippen molar-refractivity contribution < 1.29 is 19.2 Å². The highest BCUT2D eigenvalue weighted by atomic mass is 35.5. The molecule has 0 radical (unpaired) electrons. The Kier molecular flexibility index (Phi) is 7.05. The highest BCUT2D eigenvalue weighted by Gasteiger charge is 2.18. The van der Waals surface area contributed by atoms with Crippen LogP contribution in [-0.4, -0.2) is 10.9 Å². The summed E-state index contributed by atoms with van der Waals surface area (Å²) in [7, 11) is 0. The molecule has 0 saturated carbocycles. The van der Waals surface area contributed by atoms with Gasteiger partial charge in [-0.05, 0) is 48.0 Å². The number of esters is 1. The van der Waals surface area contributed by atoms with Crippen molar-refractivity contribution in [3.63, 3.8) is 0 Å². The lowest BCUT2D eigenvalue weighted by molar-refractivity contribution is -0.385. The van der Waals surface area contributed by atoms with Crippen molar-refractivity contribution >= 4 is 58.1 Å².